The van der Waals surface area contributed by atoms with E-state index in [1.165, 1.54) is 18.2 Å². The van der Waals surface area contributed by atoms with E-state index in [-0.39, 0.29) is 11.4 Å². The smallest absolute Gasteiger partial charge is 0.295 e. The number of nitro groups is 1. The molecule has 0 unspecified atom stereocenters. The highest BCUT2D eigenvalue weighted by molar-refractivity contribution is 5.62. The number of anilines is 1. The van der Waals surface area contributed by atoms with Gasteiger partial charge in [0, 0.05) is 12.6 Å². The summed E-state index contributed by atoms with van der Waals surface area (Å²) in [6.07, 6.45) is 1.93. The minimum Gasteiger partial charge on any atom is -0.377 e. The number of hydrogen-bond donors (Lipinski definition) is 1. The van der Waals surface area contributed by atoms with Gasteiger partial charge in [0.05, 0.1) is 4.92 Å². The predicted octanol–water partition coefficient (Wildman–Crippen LogP) is 3.58. The standard InChI is InChI=1S/C12H17FN2O2/c1-3-9(4-2)8-14-12-10(13)6-5-7-11(12)15(16)17/h5-7,9,14H,3-4,8H2,1-2H3. The molecular weight excluding hydrogens is 223 g/mol. The fourth-order valence-electron chi connectivity index (χ4n) is 1.66. The zero-order valence-electron chi connectivity index (χ0n) is 10.1. The Morgan fingerprint density at radius 1 is 1.41 bits per heavy atom. The molecule has 1 rings (SSSR count). The van der Waals surface area contributed by atoms with Gasteiger partial charge in [-0.1, -0.05) is 32.8 Å². The van der Waals surface area contributed by atoms with Crippen molar-refractivity contribution in [1.82, 2.24) is 0 Å². The fraction of sp³-hybridized carbons (Fsp3) is 0.500. The van der Waals surface area contributed by atoms with Crippen molar-refractivity contribution in [2.75, 3.05) is 11.9 Å². The SMILES string of the molecule is CCC(CC)CNc1c(F)cccc1[N+](=O)[O-]. The second-order valence-corrected chi connectivity index (χ2v) is 3.95. The molecule has 0 radical (unpaired) electrons. The third-order valence-corrected chi connectivity index (χ3v) is 2.91. The van der Waals surface area contributed by atoms with Crippen molar-refractivity contribution in [2.24, 2.45) is 5.92 Å². The first kappa shape index (κ1) is 13.4. The highest BCUT2D eigenvalue weighted by Gasteiger charge is 2.18. The van der Waals surface area contributed by atoms with Crippen molar-refractivity contribution < 1.29 is 9.31 Å². The van der Waals surface area contributed by atoms with Gasteiger partial charge in [-0.3, -0.25) is 10.1 Å². The van der Waals surface area contributed by atoms with Gasteiger partial charge >= 0.3 is 0 Å². The van der Waals surface area contributed by atoms with Gasteiger partial charge in [0.15, 0.2) is 5.82 Å². The number of nitrogens with zero attached hydrogens (tertiary/aromatic N) is 1. The van der Waals surface area contributed by atoms with Crippen molar-refractivity contribution in [3.05, 3.63) is 34.1 Å². The molecule has 0 aliphatic carbocycles. The number of benzene rings is 1. The zero-order valence-corrected chi connectivity index (χ0v) is 10.1. The Morgan fingerprint density at radius 2 is 2.06 bits per heavy atom. The summed E-state index contributed by atoms with van der Waals surface area (Å²) in [6.45, 7) is 4.64. The molecule has 4 nitrogen and oxygen atoms in total. The van der Waals surface area contributed by atoms with E-state index in [4.69, 9.17) is 0 Å². The summed E-state index contributed by atoms with van der Waals surface area (Å²) < 4.78 is 13.5. The highest BCUT2D eigenvalue weighted by Crippen LogP contribution is 2.27. The normalized spacial score (nSPS) is 10.6. The lowest BCUT2D eigenvalue weighted by molar-refractivity contribution is -0.384. The molecule has 0 amide bonds. The van der Waals surface area contributed by atoms with Crippen LogP contribution in [-0.2, 0) is 0 Å². The molecule has 0 heterocycles. The maximum Gasteiger partial charge on any atom is 0.295 e. The first-order valence-corrected chi connectivity index (χ1v) is 5.76. The Balaban J connectivity index is 2.85. The van der Waals surface area contributed by atoms with Gasteiger partial charge in [-0.05, 0) is 12.0 Å². The molecule has 1 aromatic carbocycles. The molecule has 1 aromatic rings. The molecule has 0 atom stereocenters. The number of para-hydroxylation sites is 1. The molecule has 0 saturated heterocycles. The summed E-state index contributed by atoms with van der Waals surface area (Å²) in [5.74, 6) is -0.181. The van der Waals surface area contributed by atoms with Crippen molar-refractivity contribution in [3.8, 4) is 0 Å². The monoisotopic (exact) mass is 240 g/mol. The fourth-order valence-corrected chi connectivity index (χ4v) is 1.66. The van der Waals surface area contributed by atoms with Gasteiger partial charge in [-0.15, -0.1) is 0 Å². The van der Waals surface area contributed by atoms with Crippen LogP contribution >= 0.6 is 0 Å². The average Bonchev–Trinajstić information content (AvgIpc) is 2.31. The minimum atomic E-state index is -0.579. The lowest BCUT2D eigenvalue weighted by Gasteiger charge is -2.14. The van der Waals surface area contributed by atoms with E-state index >= 15 is 0 Å². The lowest BCUT2D eigenvalue weighted by Crippen LogP contribution is -2.14. The summed E-state index contributed by atoms with van der Waals surface area (Å²) >= 11 is 0. The number of hydrogen-bond acceptors (Lipinski definition) is 3. The molecule has 1 N–H and O–H groups in total. The van der Waals surface area contributed by atoms with E-state index < -0.39 is 10.7 Å². The Labute approximate surface area is 100.0 Å². The summed E-state index contributed by atoms with van der Waals surface area (Å²) in [5, 5.41) is 13.6. The van der Waals surface area contributed by atoms with E-state index in [2.05, 4.69) is 5.32 Å². The first-order valence-electron chi connectivity index (χ1n) is 5.76. The average molecular weight is 240 g/mol. The minimum absolute atomic E-state index is 0.00981. The van der Waals surface area contributed by atoms with E-state index in [1.807, 2.05) is 13.8 Å². The van der Waals surface area contributed by atoms with E-state index in [0.717, 1.165) is 12.8 Å². The Morgan fingerprint density at radius 3 is 2.59 bits per heavy atom. The Kier molecular flexibility index (Phi) is 4.87. The number of halogens is 1. The maximum atomic E-state index is 13.5. The van der Waals surface area contributed by atoms with Crippen LogP contribution in [0.15, 0.2) is 18.2 Å². The van der Waals surface area contributed by atoms with Crippen LogP contribution in [-0.4, -0.2) is 11.5 Å². The molecule has 94 valence electrons. The number of nitrogens with one attached hydrogen (secondary N) is 1. The summed E-state index contributed by atoms with van der Waals surface area (Å²) in [6, 6.07) is 3.87. The molecule has 0 spiro atoms. The van der Waals surface area contributed by atoms with Crippen molar-refractivity contribution in [3.63, 3.8) is 0 Å². The van der Waals surface area contributed by atoms with Crippen LogP contribution in [0.25, 0.3) is 0 Å². The van der Waals surface area contributed by atoms with Crippen LogP contribution in [0.5, 0.6) is 0 Å². The van der Waals surface area contributed by atoms with Crippen LogP contribution in [0.2, 0.25) is 0 Å². The van der Waals surface area contributed by atoms with Gasteiger partial charge < -0.3 is 5.32 Å². The lowest BCUT2D eigenvalue weighted by atomic mass is 10.0. The first-order chi connectivity index (χ1) is 8.10. The highest BCUT2D eigenvalue weighted by atomic mass is 19.1. The van der Waals surface area contributed by atoms with Gasteiger partial charge in [-0.2, -0.15) is 0 Å². The van der Waals surface area contributed by atoms with E-state index in [0.29, 0.717) is 12.5 Å². The predicted molar refractivity (Wildman–Crippen MR) is 65.6 cm³/mol. The molecule has 5 heteroatoms. The summed E-state index contributed by atoms with van der Waals surface area (Å²) in [5.41, 5.74) is -0.222. The molecule has 0 fully saturated rings. The van der Waals surface area contributed by atoms with Crippen LogP contribution < -0.4 is 5.32 Å². The molecule has 0 bridgehead atoms. The third kappa shape index (κ3) is 3.41. The van der Waals surface area contributed by atoms with Gasteiger partial charge in [-0.25, -0.2) is 4.39 Å². The topological polar surface area (TPSA) is 55.2 Å². The maximum absolute atomic E-state index is 13.5. The van der Waals surface area contributed by atoms with Gasteiger partial charge in [0.2, 0.25) is 0 Å². The quantitative estimate of drug-likeness (QED) is 0.610. The Bertz CT molecular complexity index is 392. The van der Waals surface area contributed by atoms with E-state index in [1.54, 1.807) is 0 Å². The third-order valence-electron chi connectivity index (χ3n) is 2.91. The molecule has 17 heavy (non-hydrogen) atoms. The van der Waals surface area contributed by atoms with Crippen LogP contribution in [0.4, 0.5) is 15.8 Å². The molecular formula is C12H17FN2O2. The molecule has 0 aromatic heterocycles. The second-order valence-electron chi connectivity index (χ2n) is 3.95. The largest absolute Gasteiger partial charge is 0.377 e. The number of nitro benzene ring substituents is 1. The van der Waals surface area contributed by atoms with Crippen LogP contribution in [0.1, 0.15) is 26.7 Å². The second kappa shape index (κ2) is 6.18. The van der Waals surface area contributed by atoms with Crippen LogP contribution in [0, 0.1) is 21.8 Å². The number of rotatable bonds is 6. The van der Waals surface area contributed by atoms with Crippen molar-refractivity contribution >= 4 is 11.4 Å². The summed E-state index contributed by atoms with van der Waals surface area (Å²) in [7, 11) is 0. The van der Waals surface area contributed by atoms with Crippen molar-refractivity contribution in [2.45, 2.75) is 26.7 Å². The van der Waals surface area contributed by atoms with Gasteiger partial charge in [0.1, 0.15) is 5.69 Å². The molecule has 0 saturated carbocycles. The van der Waals surface area contributed by atoms with E-state index in [9.17, 15) is 14.5 Å². The molecule has 0 aliphatic heterocycles. The van der Waals surface area contributed by atoms with Crippen LogP contribution in [0.3, 0.4) is 0 Å². The van der Waals surface area contributed by atoms with Crippen molar-refractivity contribution in [1.29, 1.82) is 0 Å². The van der Waals surface area contributed by atoms with Gasteiger partial charge in [0.25, 0.3) is 5.69 Å². The summed E-state index contributed by atoms with van der Waals surface area (Å²) in [4.78, 5) is 10.2. The zero-order chi connectivity index (χ0) is 12.8. The Hall–Kier alpha value is -1.65. The molecule has 0 aliphatic rings.